The smallest absolute Gasteiger partial charge is 0.163 e. The second-order valence-corrected chi connectivity index (χ2v) is 6.04. The average Bonchev–Trinajstić information content (AvgIpc) is 2.88. The van der Waals surface area contributed by atoms with Gasteiger partial charge >= 0.3 is 0 Å². The molecule has 2 heterocycles. The molecule has 0 spiro atoms. The molecule has 1 fully saturated rings. The van der Waals surface area contributed by atoms with Gasteiger partial charge in [-0.2, -0.15) is 5.10 Å². The summed E-state index contributed by atoms with van der Waals surface area (Å²) in [6.45, 7) is 0.873. The normalized spacial score (nSPS) is 18.3. The summed E-state index contributed by atoms with van der Waals surface area (Å²) in [4.78, 5) is 8.61. The summed E-state index contributed by atoms with van der Waals surface area (Å²) in [5, 5.41) is 8.68. The summed E-state index contributed by atoms with van der Waals surface area (Å²) < 4.78 is 1.76. The van der Waals surface area contributed by atoms with Crippen molar-refractivity contribution in [2.45, 2.75) is 32.1 Å². The molecule has 0 bridgehead atoms. The fraction of sp³-hybridized carbons (Fsp3) is 0.643. The van der Waals surface area contributed by atoms with E-state index in [1.165, 1.54) is 32.1 Å². The number of rotatable bonds is 4. The molecule has 0 aromatic carbocycles. The number of nitrogens with zero attached hydrogens (tertiary/aromatic N) is 4. The molecular weight excluding hydrogens is 274 g/mol. The summed E-state index contributed by atoms with van der Waals surface area (Å²) in [6, 6.07) is 0. The van der Waals surface area contributed by atoms with Crippen molar-refractivity contribution in [3.63, 3.8) is 0 Å². The van der Waals surface area contributed by atoms with E-state index in [2.05, 4.69) is 20.4 Å². The van der Waals surface area contributed by atoms with E-state index in [-0.39, 0.29) is 5.41 Å². The molecule has 0 unspecified atom stereocenters. The molecule has 0 aliphatic heterocycles. The largest absolute Gasteiger partial charge is 0.369 e. The van der Waals surface area contributed by atoms with E-state index in [9.17, 15) is 0 Å². The highest BCUT2D eigenvalue weighted by Crippen LogP contribution is 2.37. The Labute approximate surface area is 123 Å². The van der Waals surface area contributed by atoms with E-state index >= 15 is 0 Å². The molecule has 20 heavy (non-hydrogen) atoms. The van der Waals surface area contributed by atoms with E-state index in [1.54, 1.807) is 11.0 Å². The summed E-state index contributed by atoms with van der Waals surface area (Å²) in [5.74, 6) is 1.57. The standard InChI is InChI=1S/C14H20ClN5/c1-20-13-11(7-19-20)12(17-10-18-13)16-9-14(8-15)5-3-2-4-6-14/h7,10H,2-6,8-9H2,1H3,(H,16,17,18). The number of anilines is 1. The number of nitrogens with one attached hydrogen (secondary N) is 1. The number of halogens is 1. The summed E-state index contributed by atoms with van der Waals surface area (Å²) in [6.07, 6.45) is 9.68. The van der Waals surface area contributed by atoms with Crippen LogP contribution in [0.15, 0.2) is 12.5 Å². The minimum Gasteiger partial charge on any atom is -0.369 e. The van der Waals surface area contributed by atoms with Crippen molar-refractivity contribution in [3.8, 4) is 0 Å². The number of alkyl halides is 1. The van der Waals surface area contributed by atoms with Gasteiger partial charge in [-0.25, -0.2) is 9.97 Å². The molecule has 1 aliphatic rings. The zero-order valence-electron chi connectivity index (χ0n) is 11.8. The maximum atomic E-state index is 6.24. The lowest BCUT2D eigenvalue weighted by atomic mass is 9.75. The fourth-order valence-corrected chi connectivity index (χ4v) is 3.40. The predicted octanol–water partition coefficient (Wildman–Crippen LogP) is 2.96. The van der Waals surface area contributed by atoms with Gasteiger partial charge in [-0.3, -0.25) is 4.68 Å². The van der Waals surface area contributed by atoms with Crippen molar-refractivity contribution in [2.75, 3.05) is 17.7 Å². The van der Waals surface area contributed by atoms with Gasteiger partial charge in [0.25, 0.3) is 0 Å². The van der Waals surface area contributed by atoms with Crippen molar-refractivity contribution in [1.82, 2.24) is 19.7 Å². The van der Waals surface area contributed by atoms with Crippen LogP contribution in [0.1, 0.15) is 32.1 Å². The van der Waals surface area contributed by atoms with Crippen molar-refractivity contribution >= 4 is 28.5 Å². The zero-order chi connectivity index (χ0) is 14.0. The first-order chi connectivity index (χ1) is 9.74. The molecule has 2 aromatic rings. The number of aromatic nitrogens is 4. The SMILES string of the molecule is Cn1ncc2c(NCC3(CCl)CCCCC3)ncnc21. The summed E-state index contributed by atoms with van der Waals surface area (Å²) in [7, 11) is 1.89. The number of hydrogen-bond donors (Lipinski definition) is 1. The molecule has 1 saturated carbocycles. The van der Waals surface area contributed by atoms with Gasteiger partial charge in [0, 0.05) is 24.9 Å². The Morgan fingerprint density at radius 3 is 2.85 bits per heavy atom. The molecule has 0 radical (unpaired) electrons. The molecule has 108 valence electrons. The lowest BCUT2D eigenvalue weighted by Crippen LogP contribution is -2.34. The van der Waals surface area contributed by atoms with Gasteiger partial charge in [-0.1, -0.05) is 19.3 Å². The Bertz CT molecular complexity index is 588. The number of aryl methyl sites for hydroxylation is 1. The van der Waals surface area contributed by atoms with Crippen LogP contribution in [0, 0.1) is 5.41 Å². The highest BCUT2D eigenvalue weighted by Gasteiger charge is 2.31. The van der Waals surface area contributed by atoms with Crippen LogP contribution < -0.4 is 5.32 Å². The van der Waals surface area contributed by atoms with Gasteiger partial charge in [-0.15, -0.1) is 11.6 Å². The molecule has 3 rings (SSSR count). The van der Waals surface area contributed by atoms with E-state index in [0.717, 1.165) is 23.4 Å². The summed E-state index contributed by atoms with van der Waals surface area (Å²) >= 11 is 6.24. The van der Waals surface area contributed by atoms with Crippen LogP contribution in [0.2, 0.25) is 0 Å². The molecule has 5 nitrogen and oxygen atoms in total. The van der Waals surface area contributed by atoms with Gasteiger partial charge < -0.3 is 5.32 Å². The van der Waals surface area contributed by atoms with Crippen molar-refractivity contribution in [1.29, 1.82) is 0 Å². The van der Waals surface area contributed by atoms with E-state index < -0.39 is 0 Å². The maximum absolute atomic E-state index is 6.24. The molecular formula is C14H20ClN5. The topological polar surface area (TPSA) is 55.6 Å². The molecule has 6 heteroatoms. The van der Waals surface area contributed by atoms with Crippen LogP contribution in [0.4, 0.5) is 5.82 Å². The van der Waals surface area contributed by atoms with Crippen molar-refractivity contribution in [2.24, 2.45) is 12.5 Å². The molecule has 0 amide bonds. The third-order valence-corrected chi connectivity index (χ3v) is 4.92. The van der Waals surface area contributed by atoms with Crippen LogP contribution in [0.3, 0.4) is 0 Å². The third kappa shape index (κ3) is 2.46. The second kappa shape index (κ2) is 5.56. The number of hydrogen-bond acceptors (Lipinski definition) is 4. The third-order valence-electron chi connectivity index (χ3n) is 4.36. The fourth-order valence-electron chi connectivity index (χ4n) is 3.03. The Morgan fingerprint density at radius 2 is 2.10 bits per heavy atom. The monoisotopic (exact) mass is 293 g/mol. The van der Waals surface area contributed by atoms with Gasteiger partial charge in [0.1, 0.15) is 12.1 Å². The van der Waals surface area contributed by atoms with E-state index in [0.29, 0.717) is 5.88 Å². The molecule has 0 atom stereocenters. The molecule has 0 saturated heterocycles. The van der Waals surface area contributed by atoms with Crippen LogP contribution >= 0.6 is 11.6 Å². The van der Waals surface area contributed by atoms with E-state index in [4.69, 9.17) is 11.6 Å². The molecule has 1 aliphatic carbocycles. The molecule has 2 aromatic heterocycles. The molecule has 1 N–H and O–H groups in total. The first kappa shape index (κ1) is 13.6. The number of fused-ring (bicyclic) bond motifs is 1. The van der Waals surface area contributed by atoms with Crippen LogP contribution in [0.5, 0.6) is 0 Å². The average molecular weight is 294 g/mol. The van der Waals surface area contributed by atoms with Crippen LogP contribution in [0.25, 0.3) is 11.0 Å². The first-order valence-corrected chi connectivity index (χ1v) is 7.70. The van der Waals surface area contributed by atoms with Crippen LogP contribution in [-0.2, 0) is 7.05 Å². The van der Waals surface area contributed by atoms with Crippen molar-refractivity contribution < 1.29 is 0 Å². The van der Waals surface area contributed by atoms with Crippen LogP contribution in [-0.4, -0.2) is 32.2 Å². The second-order valence-electron chi connectivity index (χ2n) is 5.78. The Balaban J connectivity index is 1.79. The Morgan fingerprint density at radius 1 is 1.30 bits per heavy atom. The maximum Gasteiger partial charge on any atom is 0.163 e. The van der Waals surface area contributed by atoms with Crippen molar-refractivity contribution in [3.05, 3.63) is 12.5 Å². The summed E-state index contributed by atoms with van der Waals surface area (Å²) in [5.41, 5.74) is 1.06. The lowest BCUT2D eigenvalue weighted by molar-refractivity contribution is 0.238. The Kier molecular flexibility index (Phi) is 3.78. The van der Waals surface area contributed by atoms with E-state index in [1.807, 2.05) is 13.2 Å². The van der Waals surface area contributed by atoms with Gasteiger partial charge in [0.05, 0.1) is 11.6 Å². The van der Waals surface area contributed by atoms with Gasteiger partial charge in [0.2, 0.25) is 0 Å². The first-order valence-electron chi connectivity index (χ1n) is 7.17. The minimum absolute atomic E-state index is 0.208. The highest BCUT2D eigenvalue weighted by atomic mass is 35.5. The van der Waals surface area contributed by atoms with Gasteiger partial charge in [0.15, 0.2) is 5.65 Å². The predicted molar refractivity (Wildman–Crippen MR) is 81.0 cm³/mol. The van der Waals surface area contributed by atoms with Gasteiger partial charge in [-0.05, 0) is 12.8 Å². The minimum atomic E-state index is 0.208. The zero-order valence-corrected chi connectivity index (χ0v) is 12.5. The quantitative estimate of drug-likeness (QED) is 0.881. The highest BCUT2D eigenvalue weighted by molar-refractivity contribution is 6.18. The Hall–Kier alpha value is -1.36. The lowest BCUT2D eigenvalue weighted by Gasteiger charge is -2.35.